The molecule has 0 aliphatic heterocycles. The largest absolute Gasteiger partial charge is 0.465 e. The first-order valence-electron chi connectivity index (χ1n) is 10.6. The third-order valence-electron chi connectivity index (χ3n) is 5.12. The zero-order chi connectivity index (χ0) is 24.1. The number of nitrogens with zero attached hydrogens (tertiary/aromatic N) is 3. The molecule has 0 aliphatic carbocycles. The van der Waals surface area contributed by atoms with Gasteiger partial charge in [0.25, 0.3) is 11.6 Å². The van der Waals surface area contributed by atoms with Gasteiger partial charge in [-0.3, -0.25) is 19.7 Å². The Morgan fingerprint density at radius 1 is 1.03 bits per heavy atom. The molecule has 0 spiro atoms. The fourth-order valence-electron chi connectivity index (χ4n) is 3.50. The van der Waals surface area contributed by atoms with Crippen LogP contribution in [0.2, 0.25) is 0 Å². The fraction of sp³-hybridized carbons (Fsp3) is 0.160. The summed E-state index contributed by atoms with van der Waals surface area (Å²) in [7, 11) is 0. The lowest BCUT2D eigenvalue weighted by Gasteiger charge is -2.05. The van der Waals surface area contributed by atoms with Crippen LogP contribution in [0.3, 0.4) is 0 Å². The summed E-state index contributed by atoms with van der Waals surface area (Å²) in [5.41, 5.74) is 3.13. The highest BCUT2D eigenvalue weighted by Gasteiger charge is 2.16. The van der Waals surface area contributed by atoms with Crippen molar-refractivity contribution < 1.29 is 19.2 Å². The number of non-ortho nitro benzene ring substituents is 1. The van der Waals surface area contributed by atoms with E-state index in [1.54, 1.807) is 29.7 Å². The highest BCUT2D eigenvalue weighted by Crippen LogP contribution is 2.23. The summed E-state index contributed by atoms with van der Waals surface area (Å²) >= 11 is 1.11. The number of rotatable bonds is 7. The number of amides is 1. The molecule has 1 aromatic heterocycles. The van der Waals surface area contributed by atoms with Crippen molar-refractivity contribution in [3.63, 3.8) is 0 Å². The van der Waals surface area contributed by atoms with Crippen molar-refractivity contribution in [1.82, 2.24) is 4.57 Å². The maximum atomic E-state index is 12.9. The molecule has 172 valence electrons. The van der Waals surface area contributed by atoms with Gasteiger partial charge in [-0.15, -0.1) is 0 Å². The zero-order valence-electron chi connectivity index (χ0n) is 18.3. The molecule has 0 aliphatic rings. The van der Waals surface area contributed by atoms with Crippen molar-refractivity contribution >= 4 is 39.1 Å². The number of fused-ring (bicyclic) bond motifs is 1. The van der Waals surface area contributed by atoms with Gasteiger partial charge >= 0.3 is 5.97 Å². The molecular weight excluding hydrogens is 454 g/mol. The summed E-state index contributed by atoms with van der Waals surface area (Å²) in [6, 6.07) is 21.5. The average Bonchev–Trinajstić information content (AvgIpc) is 3.16. The Bertz CT molecular complexity index is 1420. The molecule has 9 heteroatoms. The Labute approximate surface area is 198 Å². The molecule has 1 heterocycles. The normalized spacial score (nSPS) is 11.5. The Balaban J connectivity index is 1.67. The van der Waals surface area contributed by atoms with Crippen LogP contribution in [0, 0.1) is 10.1 Å². The van der Waals surface area contributed by atoms with Gasteiger partial charge in [0.05, 0.1) is 21.7 Å². The maximum Gasteiger partial charge on any atom is 0.326 e. The number of carbonyl (C=O) groups is 2. The smallest absolute Gasteiger partial charge is 0.326 e. The van der Waals surface area contributed by atoms with E-state index in [-0.39, 0.29) is 23.6 Å². The SMILES string of the molecule is CCOC(=O)Cn1c(=NC(=O)c2ccc(Cc3ccccc3)cc2)sc2cc([N+](=O)[O-])ccc21. The van der Waals surface area contributed by atoms with Crippen molar-refractivity contribution in [2.24, 2.45) is 4.99 Å². The van der Waals surface area contributed by atoms with Crippen LogP contribution >= 0.6 is 11.3 Å². The Morgan fingerprint density at radius 2 is 1.74 bits per heavy atom. The molecule has 8 nitrogen and oxygen atoms in total. The van der Waals surface area contributed by atoms with E-state index in [0.717, 1.165) is 23.3 Å². The van der Waals surface area contributed by atoms with Gasteiger partial charge in [-0.1, -0.05) is 53.8 Å². The molecular formula is C25H21N3O5S. The molecule has 4 aromatic rings. The van der Waals surface area contributed by atoms with Crippen LogP contribution in [0.1, 0.15) is 28.4 Å². The zero-order valence-corrected chi connectivity index (χ0v) is 19.2. The van der Waals surface area contributed by atoms with E-state index in [9.17, 15) is 19.7 Å². The van der Waals surface area contributed by atoms with E-state index < -0.39 is 16.8 Å². The fourth-order valence-corrected chi connectivity index (χ4v) is 4.56. The molecule has 34 heavy (non-hydrogen) atoms. The van der Waals surface area contributed by atoms with E-state index in [2.05, 4.69) is 4.99 Å². The van der Waals surface area contributed by atoms with Crippen molar-refractivity contribution in [3.05, 3.63) is 104 Å². The number of aromatic nitrogens is 1. The third kappa shape index (κ3) is 5.26. The molecule has 0 saturated heterocycles. The van der Waals surface area contributed by atoms with Gasteiger partial charge in [-0.2, -0.15) is 4.99 Å². The van der Waals surface area contributed by atoms with Gasteiger partial charge in [0, 0.05) is 17.7 Å². The first-order valence-corrected chi connectivity index (χ1v) is 11.4. The summed E-state index contributed by atoms with van der Waals surface area (Å²) in [5, 5.41) is 11.2. The molecule has 1 amide bonds. The standard InChI is InChI=1S/C25H21N3O5S/c1-2-33-23(29)16-27-21-13-12-20(28(31)32)15-22(21)34-25(27)26-24(30)19-10-8-18(9-11-19)14-17-6-4-3-5-7-17/h3-13,15H,2,14,16H2,1H3. The highest BCUT2D eigenvalue weighted by molar-refractivity contribution is 7.16. The number of ether oxygens (including phenoxy) is 1. The number of hydrogen-bond acceptors (Lipinski definition) is 6. The number of nitro benzene ring substituents is 1. The molecule has 4 rings (SSSR count). The van der Waals surface area contributed by atoms with Crippen molar-refractivity contribution in [3.8, 4) is 0 Å². The first-order chi connectivity index (χ1) is 16.4. The Morgan fingerprint density at radius 3 is 2.41 bits per heavy atom. The van der Waals surface area contributed by atoms with E-state index in [1.165, 1.54) is 17.7 Å². The van der Waals surface area contributed by atoms with Crippen LogP contribution in [0.25, 0.3) is 10.2 Å². The lowest BCUT2D eigenvalue weighted by atomic mass is 10.0. The maximum absolute atomic E-state index is 12.9. The average molecular weight is 476 g/mol. The van der Waals surface area contributed by atoms with Crippen LogP contribution in [-0.2, 0) is 22.5 Å². The van der Waals surface area contributed by atoms with Crippen LogP contribution in [0.15, 0.2) is 77.8 Å². The van der Waals surface area contributed by atoms with Crippen LogP contribution < -0.4 is 4.80 Å². The van der Waals surface area contributed by atoms with Gasteiger partial charge < -0.3 is 9.30 Å². The second-order valence-corrected chi connectivity index (χ2v) is 8.47. The third-order valence-corrected chi connectivity index (χ3v) is 6.16. The molecule has 0 radical (unpaired) electrons. The summed E-state index contributed by atoms with van der Waals surface area (Å²) < 4.78 is 7.13. The lowest BCUT2D eigenvalue weighted by molar-refractivity contribution is -0.384. The lowest BCUT2D eigenvalue weighted by Crippen LogP contribution is -2.23. The summed E-state index contributed by atoms with van der Waals surface area (Å²) in [6.07, 6.45) is 0.751. The van der Waals surface area contributed by atoms with Gasteiger partial charge in [0.15, 0.2) is 4.80 Å². The van der Waals surface area contributed by atoms with Gasteiger partial charge in [0.2, 0.25) is 0 Å². The molecule has 0 bridgehead atoms. The molecule has 0 saturated carbocycles. The number of carbonyl (C=O) groups excluding carboxylic acids is 2. The number of nitro groups is 1. The number of hydrogen-bond donors (Lipinski definition) is 0. The van der Waals surface area contributed by atoms with Crippen molar-refractivity contribution in [1.29, 1.82) is 0 Å². The van der Waals surface area contributed by atoms with Crippen molar-refractivity contribution in [2.75, 3.05) is 6.61 Å². The van der Waals surface area contributed by atoms with E-state index in [0.29, 0.717) is 15.8 Å². The predicted molar refractivity (Wildman–Crippen MR) is 129 cm³/mol. The number of thiazole rings is 1. The second-order valence-electron chi connectivity index (χ2n) is 7.46. The second kappa shape index (κ2) is 10.2. The van der Waals surface area contributed by atoms with Crippen LogP contribution in [0.5, 0.6) is 0 Å². The Kier molecular flexibility index (Phi) is 6.93. The minimum atomic E-state index is -0.492. The molecule has 0 unspecified atom stereocenters. The summed E-state index contributed by atoms with van der Waals surface area (Å²) in [6.45, 7) is 1.76. The minimum absolute atomic E-state index is 0.0797. The summed E-state index contributed by atoms with van der Waals surface area (Å²) in [4.78, 5) is 40.2. The van der Waals surface area contributed by atoms with Gasteiger partial charge in [-0.25, -0.2) is 0 Å². The van der Waals surface area contributed by atoms with Gasteiger partial charge in [0.1, 0.15) is 6.54 Å². The van der Waals surface area contributed by atoms with Gasteiger partial charge in [-0.05, 0) is 42.7 Å². The molecule has 0 N–H and O–H groups in total. The van der Waals surface area contributed by atoms with Crippen LogP contribution in [0.4, 0.5) is 5.69 Å². The van der Waals surface area contributed by atoms with Crippen LogP contribution in [-0.4, -0.2) is 28.0 Å². The molecule has 0 fully saturated rings. The number of benzene rings is 3. The quantitative estimate of drug-likeness (QED) is 0.222. The minimum Gasteiger partial charge on any atom is -0.465 e. The molecule has 3 aromatic carbocycles. The highest BCUT2D eigenvalue weighted by atomic mass is 32.1. The predicted octanol–water partition coefficient (Wildman–Crippen LogP) is 4.51. The van der Waals surface area contributed by atoms with E-state index >= 15 is 0 Å². The van der Waals surface area contributed by atoms with E-state index in [4.69, 9.17) is 4.74 Å². The number of esters is 1. The van der Waals surface area contributed by atoms with E-state index in [1.807, 2.05) is 42.5 Å². The van der Waals surface area contributed by atoms with Crippen molar-refractivity contribution in [2.45, 2.75) is 19.9 Å². The molecule has 0 atom stereocenters. The first kappa shape index (κ1) is 23.1. The monoisotopic (exact) mass is 475 g/mol. The summed E-state index contributed by atoms with van der Waals surface area (Å²) in [5.74, 6) is -0.954. The Hall–Kier alpha value is -4.11. The topological polar surface area (TPSA) is 104 Å².